The van der Waals surface area contributed by atoms with Gasteiger partial charge >= 0.3 is 0 Å². The molecule has 0 saturated carbocycles. The summed E-state index contributed by atoms with van der Waals surface area (Å²) in [5.41, 5.74) is 1.36. The van der Waals surface area contributed by atoms with Gasteiger partial charge in [-0.1, -0.05) is 30.3 Å². The number of para-hydroxylation sites is 1. The molecule has 0 radical (unpaired) electrons. The summed E-state index contributed by atoms with van der Waals surface area (Å²) in [6, 6.07) is 11.1. The fraction of sp³-hybridized carbons (Fsp3) is 0.261. The molecule has 4 heterocycles. The number of hydrogen-bond acceptors (Lipinski definition) is 7. The zero-order chi connectivity index (χ0) is 22.8. The van der Waals surface area contributed by atoms with Crippen LogP contribution >= 0.6 is 0 Å². The Morgan fingerprint density at radius 1 is 1.18 bits per heavy atom. The molecule has 5 rings (SSSR count). The quantitative estimate of drug-likeness (QED) is 0.389. The van der Waals surface area contributed by atoms with Crippen LogP contribution in [0.25, 0.3) is 21.9 Å². The first-order valence-corrected chi connectivity index (χ1v) is 10.7. The Labute approximate surface area is 187 Å². The van der Waals surface area contributed by atoms with Gasteiger partial charge in [0.2, 0.25) is 11.8 Å². The van der Waals surface area contributed by atoms with Crippen molar-refractivity contribution in [3.63, 3.8) is 0 Å². The van der Waals surface area contributed by atoms with Crippen molar-refractivity contribution in [3.8, 4) is 0 Å². The minimum absolute atomic E-state index is 0.0349. The van der Waals surface area contributed by atoms with Gasteiger partial charge in [-0.05, 0) is 24.6 Å². The van der Waals surface area contributed by atoms with E-state index in [1.165, 1.54) is 10.9 Å². The van der Waals surface area contributed by atoms with Gasteiger partial charge < -0.3 is 18.8 Å². The van der Waals surface area contributed by atoms with Crippen LogP contribution in [0.3, 0.4) is 0 Å². The van der Waals surface area contributed by atoms with Crippen molar-refractivity contribution >= 4 is 27.8 Å². The fourth-order valence-electron chi connectivity index (χ4n) is 3.85. The van der Waals surface area contributed by atoms with Gasteiger partial charge in [0.05, 0.1) is 24.7 Å². The normalized spacial score (nSPS) is 11.4. The van der Waals surface area contributed by atoms with Gasteiger partial charge in [-0.2, -0.15) is 4.98 Å². The molecule has 0 unspecified atom stereocenters. The van der Waals surface area contributed by atoms with E-state index in [0.717, 1.165) is 17.3 Å². The Hall–Kier alpha value is -4.21. The van der Waals surface area contributed by atoms with E-state index in [1.807, 2.05) is 31.2 Å². The predicted molar refractivity (Wildman–Crippen MR) is 119 cm³/mol. The average molecular weight is 446 g/mol. The van der Waals surface area contributed by atoms with Crippen molar-refractivity contribution in [2.75, 3.05) is 0 Å². The molecule has 0 saturated heterocycles. The molecule has 0 bridgehead atoms. The first kappa shape index (κ1) is 20.7. The Balaban J connectivity index is 1.51. The van der Waals surface area contributed by atoms with Crippen LogP contribution in [0, 0.1) is 0 Å². The van der Waals surface area contributed by atoms with Gasteiger partial charge in [-0.15, -0.1) is 0 Å². The number of nitrogens with zero attached hydrogens (tertiary/aromatic N) is 5. The van der Waals surface area contributed by atoms with E-state index in [2.05, 4.69) is 20.4 Å². The molecule has 0 spiro atoms. The number of carbonyl (C=O) groups is 1. The van der Waals surface area contributed by atoms with E-state index in [1.54, 1.807) is 23.0 Å². The molecule has 4 aromatic heterocycles. The zero-order valence-corrected chi connectivity index (χ0v) is 18.0. The molecule has 0 atom stereocenters. The summed E-state index contributed by atoms with van der Waals surface area (Å²) in [6.45, 7) is 2.36. The van der Waals surface area contributed by atoms with Gasteiger partial charge in [0.25, 0.3) is 5.56 Å². The van der Waals surface area contributed by atoms with Crippen LogP contribution in [0.1, 0.15) is 30.8 Å². The second-order valence-corrected chi connectivity index (χ2v) is 7.69. The highest BCUT2D eigenvalue weighted by Crippen LogP contribution is 2.25. The zero-order valence-electron chi connectivity index (χ0n) is 18.0. The standard InChI is InChI=1S/C23H22N6O4/c1-2-6-18-26-20(33-27-18)13-28-14-25-21-16-8-3-4-9-17(16)29(22(21)23(28)31)12-19(30)24-11-15-7-5-10-32-15/h3-5,7-10,14H,2,6,11-13H2,1H3,(H,24,30). The first-order valence-electron chi connectivity index (χ1n) is 10.7. The van der Waals surface area contributed by atoms with Gasteiger partial charge in [0.1, 0.15) is 29.9 Å². The summed E-state index contributed by atoms with van der Waals surface area (Å²) in [4.78, 5) is 35.0. The number of aromatic nitrogens is 5. The van der Waals surface area contributed by atoms with Gasteiger partial charge in [-0.25, -0.2) is 4.98 Å². The predicted octanol–water partition coefficient (Wildman–Crippen LogP) is 2.64. The third-order valence-electron chi connectivity index (χ3n) is 5.36. The van der Waals surface area contributed by atoms with Crippen LogP contribution in [-0.2, 0) is 30.8 Å². The maximum Gasteiger partial charge on any atom is 0.278 e. The number of carbonyl (C=O) groups excluding carboxylic acids is 1. The number of furan rings is 1. The number of benzene rings is 1. The summed E-state index contributed by atoms with van der Waals surface area (Å²) in [5, 5.41) is 7.57. The van der Waals surface area contributed by atoms with Crippen molar-refractivity contribution in [3.05, 3.63) is 76.8 Å². The molecule has 1 N–H and O–H groups in total. The van der Waals surface area contributed by atoms with Gasteiger partial charge in [0.15, 0.2) is 5.82 Å². The maximum absolute atomic E-state index is 13.4. The molecule has 168 valence electrons. The van der Waals surface area contributed by atoms with Crippen LogP contribution in [0.5, 0.6) is 0 Å². The van der Waals surface area contributed by atoms with Crippen molar-refractivity contribution in [1.29, 1.82) is 0 Å². The van der Waals surface area contributed by atoms with Gasteiger partial charge in [0, 0.05) is 11.8 Å². The summed E-state index contributed by atoms with van der Waals surface area (Å²) in [6.07, 6.45) is 4.63. The van der Waals surface area contributed by atoms with E-state index in [-0.39, 0.29) is 31.1 Å². The lowest BCUT2D eigenvalue weighted by atomic mass is 10.2. The molecule has 33 heavy (non-hydrogen) atoms. The molecule has 5 aromatic rings. The average Bonchev–Trinajstić information content (AvgIpc) is 3.55. The lowest BCUT2D eigenvalue weighted by Crippen LogP contribution is -2.29. The largest absolute Gasteiger partial charge is 0.467 e. The summed E-state index contributed by atoms with van der Waals surface area (Å²) in [5.74, 6) is 1.35. The number of amides is 1. The van der Waals surface area contributed by atoms with E-state index in [9.17, 15) is 9.59 Å². The SMILES string of the molecule is CCCc1noc(Cn2cnc3c4ccccc4n(CC(=O)NCc4ccco4)c3c2=O)n1. The third kappa shape index (κ3) is 4.02. The second-order valence-electron chi connectivity index (χ2n) is 7.69. The number of nitrogens with one attached hydrogen (secondary N) is 1. The Kier molecular flexibility index (Phi) is 5.47. The summed E-state index contributed by atoms with van der Waals surface area (Å²) >= 11 is 0. The van der Waals surface area contributed by atoms with E-state index < -0.39 is 0 Å². The highest BCUT2D eigenvalue weighted by molar-refractivity contribution is 6.06. The van der Waals surface area contributed by atoms with Crippen LogP contribution in [-0.4, -0.2) is 30.2 Å². The summed E-state index contributed by atoms with van der Waals surface area (Å²) in [7, 11) is 0. The fourth-order valence-corrected chi connectivity index (χ4v) is 3.85. The molecule has 0 aliphatic rings. The van der Waals surface area contributed by atoms with Crippen molar-refractivity contribution in [2.24, 2.45) is 0 Å². The number of hydrogen-bond donors (Lipinski definition) is 1. The molecular weight excluding hydrogens is 424 g/mol. The van der Waals surface area contributed by atoms with Crippen LogP contribution in [0.15, 0.2) is 62.7 Å². The summed E-state index contributed by atoms with van der Waals surface area (Å²) < 4.78 is 13.7. The lowest BCUT2D eigenvalue weighted by Gasteiger charge is -2.08. The lowest BCUT2D eigenvalue weighted by molar-refractivity contribution is -0.121. The Bertz CT molecular complexity index is 1480. The topological polar surface area (TPSA) is 121 Å². The van der Waals surface area contributed by atoms with Crippen molar-refractivity contribution in [1.82, 2.24) is 29.6 Å². The molecular formula is C23H22N6O4. The highest BCUT2D eigenvalue weighted by Gasteiger charge is 2.19. The van der Waals surface area contributed by atoms with E-state index in [4.69, 9.17) is 8.94 Å². The van der Waals surface area contributed by atoms with Gasteiger partial charge in [-0.3, -0.25) is 14.2 Å². The number of fused-ring (bicyclic) bond motifs is 3. The number of rotatable bonds is 8. The third-order valence-corrected chi connectivity index (χ3v) is 5.36. The monoisotopic (exact) mass is 446 g/mol. The van der Waals surface area contributed by atoms with Crippen LogP contribution in [0.2, 0.25) is 0 Å². The molecule has 1 aromatic carbocycles. The Morgan fingerprint density at radius 3 is 2.88 bits per heavy atom. The Morgan fingerprint density at radius 2 is 2.06 bits per heavy atom. The number of aryl methyl sites for hydroxylation is 1. The molecule has 10 heteroatoms. The van der Waals surface area contributed by atoms with Crippen LogP contribution < -0.4 is 10.9 Å². The van der Waals surface area contributed by atoms with E-state index in [0.29, 0.717) is 34.9 Å². The maximum atomic E-state index is 13.4. The molecule has 0 aliphatic heterocycles. The highest BCUT2D eigenvalue weighted by atomic mass is 16.5. The van der Waals surface area contributed by atoms with Crippen LogP contribution in [0.4, 0.5) is 0 Å². The first-order chi connectivity index (χ1) is 16.1. The molecule has 1 amide bonds. The molecule has 10 nitrogen and oxygen atoms in total. The second kappa shape index (κ2) is 8.73. The van der Waals surface area contributed by atoms with Crippen molar-refractivity contribution < 1.29 is 13.7 Å². The molecule has 0 fully saturated rings. The molecule has 0 aliphatic carbocycles. The minimum Gasteiger partial charge on any atom is -0.467 e. The van der Waals surface area contributed by atoms with Crippen molar-refractivity contribution in [2.45, 2.75) is 39.4 Å². The minimum atomic E-state index is -0.287. The van der Waals surface area contributed by atoms with E-state index >= 15 is 0 Å². The smallest absolute Gasteiger partial charge is 0.278 e.